The molecule has 0 aliphatic carbocycles. The number of ether oxygens (including phenoxy) is 2. The molecule has 8 nitrogen and oxygen atoms in total. The van der Waals surface area contributed by atoms with E-state index in [-0.39, 0.29) is 6.61 Å². The standard InChI is InChI=1S/C17H24N2O6/c1-4-13(16(22)24-3)18-15(21)14(11(2)20)19-17(23)25-10-12-8-6-5-7-9-12/h5-9,11,13-14,20H,4,10H2,1-3H3,(H,18,21)(H,19,23)/t11-,13+,14+/m1/s1. The summed E-state index contributed by atoms with van der Waals surface area (Å²) >= 11 is 0. The van der Waals surface area contributed by atoms with Gasteiger partial charge in [-0.25, -0.2) is 9.59 Å². The Morgan fingerprint density at radius 3 is 2.32 bits per heavy atom. The van der Waals surface area contributed by atoms with E-state index in [0.717, 1.165) is 5.56 Å². The van der Waals surface area contributed by atoms with E-state index in [1.807, 2.05) is 6.07 Å². The lowest BCUT2D eigenvalue weighted by Gasteiger charge is -2.23. The first-order valence-electron chi connectivity index (χ1n) is 7.92. The average Bonchev–Trinajstić information content (AvgIpc) is 2.62. The Hall–Kier alpha value is -2.61. The van der Waals surface area contributed by atoms with Crippen molar-refractivity contribution in [3.63, 3.8) is 0 Å². The monoisotopic (exact) mass is 352 g/mol. The van der Waals surface area contributed by atoms with E-state index in [9.17, 15) is 19.5 Å². The van der Waals surface area contributed by atoms with Crippen LogP contribution in [0.25, 0.3) is 0 Å². The molecule has 0 saturated carbocycles. The SMILES string of the molecule is CC[C@H](NC(=O)[C@@H](NC(=O)OCc1ccccc1)[C@@H](C)O)C(=O)OC. The quantitative estimate of drug-likeness (QED) is 0.594. The lowest BCUT2D eigenvalue weighted by atomic mass is 10.1. The van der Waals surface area contributed by atoms with Crippen LogP contribution in [-0.4, -0.2) is 48.4 Å². The van der Waals surface area contributed by atoms with Crippen molar-refractivity contribution in [2.24, 2.45) is 0 Å². The number of amides is 2. The molecule has 1 rings (SSSR count). The lowest BCUT2D eigenvalue weighted by molar-refractivity contribution is -0.145. The zero-order valence-corrected chi connectivity index (χ0v) is 14.5. The number of esters is 1. The summed E-state index contributed by atoms with van der Waals surface area (Å²) in [6.07, 6.45) is -1.72. The van der Waals surface area contributed by atoms with Crippen LogP contribution in [0.5, 0.6) is 0 Å². The summed E-state index contributed by atoms with van der Waals surface area (Å²) < 4.78 is 9.61. The Kier molecular flexibility index (Phi) is 8.42. The summed E-state index contributed by atoms with van der Waals surface area (Å²) in [5, 5.41) is 14.5. The Bertz CT molecular complexity index is 576. The number of carbonyl (C=O) groups excluding carboxylic acids is 3. The molecule has 0 spiro atoms. The number of aliphatic hydroxyl groups excluding tert-OH is 1. The van der Waals surface area contributed by atoms with Crippen LogP contribution in [0.4, 0.5) is 4.79 Å². The molecule has 0 heterocycles. The van der Waals surface area contributed by atoms with Crippen molar-refractivity contribution in [1.29, 1.82) is 0 Å². The summed E-state index contributed by atoms with van der Waals surface area (Å²) in [6.45, 7) is 3.07. The third-order valence-corrected chi connectivity index (χ3v) is 3.46. The van der Waals surface area contributed by atoms with Gasteiger partial charge in [-0.2, -0.15) is 0 Å². The third kappa shape index (κ3) is 6.80. The van der Waals surface area contributed by atoms with Crippen LogP contribution in [-0.2, 0) is 25.7 Å². The lowest BCUT2D eigenvalue weighted by Crippen LogP contribution is -2.55. The zero-order chi connectivity index (χ0) is 18.8. The molecule has 0 bridgehead atoms. The molecule has 25 heavy (non-hydrogen) atoms. The van der Waals surface area contributed by atoms with Gasteiger partial charge in [-0.1, -0.05) is 37.3 Å². The maximum Gasteiger partial charge on any atom is 0.408 e. The molecule has 0 saturated heterocycles. The molecule has 8 heteroatoms. The van der Waals surface area contributed by atoms with Crippen molar-refractivity contribution in [1.82, 2.24) is 10.6 Å². The van der Waals surface area contributed by atoms with Crippen molar-refractivity contribution in [3.05, 3.63) is 35.9 Å². The van der Waals surface area contributed by atoms with E-state index < -0.39 is 36.2 Å². The molecule has 0 aromatic heterocycles. The highest BCUT2D eigenvalue weighted by Gasteiger charge is 2.29. The van der Waals surface area contributed by atoms with E-state index in [2.05, 4.69) is 15.4 Å². The van der Waals surface area contributed by atoms with Crippen molar-refractivity contribution in [3.8, 4) is 0 Å². The number of carbonyl (C=O) groups is 3. The van der Waals surface area contributed by atoms with Crippen molar-refractivity contribution < 1.29 is 29.0 Å². The van der Waals surface area contributed by atoms with E-state index in [0.29, 0.717) is 6.42 Å². The second-order valence-electron chi connectivity index (χ2n) is 5.42. The molecule has 0 aliphatic rings. The molecule has 3 N–H and O–H groups in total. The van der Waals surface area contributed by atoms with Gasteiger partial charge in [0.2, 0.25) is 5.91 Å². The first-order valence-corrected chi connectivity index (χ1v) is 7.92. The highest BCUT2D eigenvalue weighted by atomic mass is 16.5. The number of nitrogens with one attached hydrogen (secondary N) is 2. The van der Waals surface area contributed by atoms with E-state index in [1.165, 1.54) is 14.0 Å². The predicted molar refractivity (Wildman–Crippen MR) is 89.5 cm³/mol. The fraction of sp³-hybridized carbons (Fsp3) is 0.471. The van der Waals surface area contributed by atoms with Crippen LogP contribution in [0, 0.1) is 0 Å². The molecule has 1 aromatic carbocycles. The van der Waals surface area contributed by atoms with Gasteiger partial charge in [-0.3, -0.25) is 4.79 Å². The fourth-order valence-corrected chi connectivity index (χ4v) is 2.03. The van der Waals surface area contributed by atoms with Gasteiger partial charge in [0.15, 0.2) is 0 Å². The first kappa shape index (κ1) is 20.4. The van der Waals surface area contributed by atoms with E-state index >= 15 is 0 Å². The molecule has 138 valence electrons. The second kappa shape index (κ2) is 10.3. The fourth-order valence-electron chi connectivity index (χ4n) is 2.03. The molecule has 3 atom stereocenters. The van der Waals surface area contributed by atoms with Crippen molar-refractivity contribution in [2.45, 2.75) is 45.1 Å². The largest absolute Gasteiger partial charge is 0.467 e. The molecule has 2 amide bonds. The predicted octanol–water partition coefficient (Wildman–Crippen LogP) is 0.730. The minimum Gasteiger partial charge on any atom is -0.467 e. The smallest absolute Gasteiger partial charge is 0.408 e. The summed E-state index contributed by atoms with van der Waals surface area (Å²) in [5.41, 5.74) is 0.785. The Morgan fingerprint density at radius 2 is 1.80 bits per heavy atom. The van der Waals surface area contributed by atoms with Gasteiger partial charge in [0, 0.05) is 0 Å². The average molecular weight is 352 g/mol. The number of methoxy groups -OCH3 is 1. The maximum atomic E-state index is 12.2. The van der Waals surface area contributed by atoms with E-state index in [4.69, 9.17) is 4.74 Å². The highest BCUT2D eigenvalue weighted by Crippen LogP contribution is 2.03. The van der Waals surface area contributed by atoms with Gasteiger partial charge < -0.3 is 25.2 Å². The number of alkyl carbamates (subject to hydrolysis) is 1. The summed E-state index contributed by atoms with van der Waals surface area (Å²) in [6, 6.07) is 6.90. The van der Waals surface area contributed by atoms with Crippen LogP contribution >= 0.6 is 0 Å². The minimum atomic E-state index is -1.26. The van der Waals surface area contributed by atoms with Gasteiger partial charge in [0.05, 0.1) is 13.2 Å². The highest BCUT2D eigenvalue weighted by molar-refractivity contribution is 5.90. The van der Waals surface area contributed by atoms with Gasteiger partial charge in [0.25, 0.3) is 0 Å². The van der Waals surface area contributed by atoms with Crippen molar-refractivity contribution in [2.75, 3.05) is 7.11 Å². The van der Waals surface area contributed by atoms with Gasteiger partial charge in [-0.05, 0) is 18.9 Å². The summed E-state index contributed by atoms with van der Waals surface area (Å²) in [5.74, 6) is -1.31. The minimum absolute atomic E-state index is 0.0283. The van der Waals surface area contributed by atoms with Crippen molar-refractivity contribution >= 4 is 18.0 Å². The zero-order valence-electron chi connectivity index (χ0n) is 14.5. The number of aliphatic hydroxyl groups is 1. The Balaban J connectivity index is 2.61. The number of hydrogen-bond acceptors (Lipinski definition) is 6. The van der Waals surface area contributed by atoms with Crippen LogP contribution in [0.2, 0.25) is 0 Å². The third-order valence-electron chi connectivity index (χ3n) is 3.46. The van der Waals surface area contributed by atoms with E-state index in [1.54, 1.807) is 31.2 Å². The van der Waals surface area contributed by atoms with Crippen LogP contribution < -0.4 is 10.6 Å². The number of rotatable bonds is 8. The molecule has 0 aliphatic heterocycles. The topological polar surface area (TPSA) is 114 Å². The van der Waals surface area contributed by atoms with Crippen LogP contribution in [0.15, 0.2) is 30.3 Å². The number of hydrogen-bond donors (Lipinski definition) is 3. The van der Waals surface area contributed by atoms with Gasteiger partial charge in [0.1, 0.15) is 18.7 Å². The second-order valence-corrected chi connectivity index (χ2v) is 5.42. The summed E-state index contributed by atoms with van der Waals surface area (Å²) in [7, 11) is 1.21. The number of benzene rings is 1. The van der Waals surface area contributed by atoms with Gasteiger partial charge in [-0.15, -0.1) is 0 Å². The molecular formula is C17H24N2O6. The Morgan fingerprint density at radius 1 is 1.16 bits per heavy atom. The van der Waals surface area contributed by atoms with Crippen LogP contribution in [0.1, 0.15) is 25.8 Å². The molecule has 0 unspecified atom stereocenters. The first-order chi connectivity index (χ1) is 11.9. The van der Waals surface area contributed by atoms with Gasteiger partial charge >= 0.3 is 12.1 Å². The Labute approximate surface area is 146 Å². The molecule has 1 aromatic rings. The molecule has 0 radical (unpaired) electrons. The maximum absolute atomic E-state index is 12.2. The summed E-state index contributed by atoms with van der Waals surface area (Å²) in [4.78, 5) is 35.6. The normalized spacial score (nSPS) is 13.9. The van der Waals surface area contributed by atoms with Crippen LogP contribution in [0.3, 0.4) is 0 Å². The molecular weight excluding hydrogens is 328 g/mol. The molecule has 0 fully saturated rings.